The number of carbonyl (C=O) groups excluding carboxylic acids is 1. The lowest BCUT2D eigenvalue weighted by atomic mass is 10.1. The second-order valence-corrected chi connectivity index (χ2v) is 5.83. The van der Waals surface area contributed by atoms with E-state index in [-0.39, 0.29) is 18.3 Å². The van der Waals surface area contributed by atoms with Crippen molar-refractivity contribution in [3.8, 4) is 0 Å². The van der Waals surface area contributed by atoms with Gasteiger partial charge in [-0.15, -0.1) is 0 Å². The summed E-state index contributed by atoms with van der Waals surface area (Å²) in [6, 6.07) is 16.1. The third kappa shape index (κ3) is 3.05. The first kappa shape index (κ1) is 14.8. The molecule has 1 heterocycles. The summed E-state index contributed by atoms with van der Waals surface area (Å²) in [4.78, 5) is 12.3. The zero-order chi connectivity index (χ0) is 15.5. The molecule has 0 aliphatic heterocycles. The maximum atomic E-state index is 12.3. The van der Waals surface area contributed by atoms with Crippen LogP contribution in [0.1, 0.15) is 22.2 Å². The standard InChI is InChI=1S/C17H14BrNO3/c18-13-6-7-15-12(8-13)9-16(22-15)17(21)19-14(10-20)11-4-2-1-3-5-11/h1-9,14,20H,10H2,(H,19,21). The smallest absolute Gasteiger partial charge is 0.287 e. The van der Waals surface area contributed by atoms with E-state index in [4.69, 9.17) is 4.42 Å². The van der Waals surface area contributed by atoms with Crippen molar-refractivity contribution in [3.63, 3.8) is 0 Å². The van der Waals surface area contributed by atoms with E-state index < -0.39 is 6.04 Å². The number of hydrogen-bond donors (Lipinski definition) is 2. The molecule has 112 valence electrons. The second-order valence-electron chi connectivity index (χ2n) is 4.91. The Morgan fingerprint density at radius 3 is 2.68 bits per heavy atom. The molecule has 0 aliphatic rings. The van der Waals surface area contributed by atoms with Crippen LogP contribution < -0.4 is 5.32 Å². The van der Waals surface area contributed by atoms with E-state index in [9.17, 15) is 9.90 Å². The van der Waals surface area contributed by atoms with E-state index in [1.165, 1.54) is 0 Å². The number of rotatable bonds is 4. The summed E-state index contributed by atoms with van der Waals surface area (Å²) in [5.41, 5.74) is 1.49. The van der Waals surface area contributed by atoms with E-state index in [2.05, 4.69) is 21.2 Å². The number of nitrogens with one attached hydrogen (secondary N) is 1. The molecular formula is C17H14BrNO3. The van der Waals surface area contributed by atoms with Crippen molar-refractivity contribution in [2.45, 2.75) is 6.04 Å². The number of furan rings is 1. The summed E-state index contributed by atoms with van der Waals surface area (Å²) in [7, 11) is 0. The van der Waals surface area contributed by atoms with E-state index in [1.807, 2.05) is 42.5 Å². The zero-order valence-electron chi connectivity index (χ0n) is 11.6. The van der Waals surface area contributed by atoms with E-state index in [1.54, 1.807) is 12.1 Å². The molecule has 3 aromatic rings. The molecule has 0 aliphatic carbocycles. The molecule has 2 aromatic carbocycles. The predicted molar refractivity (Wildman–Crippen MR) is 87.6 cm³/mol. The van der Waals surface area contributed by atoms with Gasteiger partial charge in [-0.05, 0) is 29.8 Å². The van der Waals surface area contributed by atoms with Crippen LogP contribution in [0.3, 0.4) is 0 Å². The molecule has 22 heavy (non-hydrogen) atoms. The fourth-order valence-electron chi connectivity index (χ4n) is 2.28. The Bertz CT molecular complexity index is 798. The maximum absolute atomic E-state index is 12.3. The summed E-state index contributed by atoms with van der Waals surface area (Å²) >= 11 is 3.39. The lowest BCUT2D eigenvalue weighted by Crippen LogP contribution is -2.30. The van der Waals surface area contributed by atoms with Crippen LogP contribution in [0.5, 0.6) is 0 Å². The van der Waals surface area contributed by atoms with Crippen LogP contribution in [0.25, 0.3) is 11.0 Å². The average molecular weight is 360 g/mol. The van der Waals surface area contributed by atoms with Crippen LogP contribution in [0.15, 0.2) is 63.5 Å². The highest BCUT2D eigenvalue weighted by Crippen LogP contribution is 2.24. The number of amides is 1. The highest BCUT2D eigenvalue weighted by atomic mass is 79.9. The molecule has 1 unspecified atom stereocenters. The van der Waals surface area contributed by atoms with Gasteiger partial charge in [-0.25, -0.2) is 0 Å². The number of halogens is 1. The molecule has 3 rings (SSSR count). The fourth-order valence-corrected chi connectivity index (χ4v) is 2.65. The Morgan fingerprint density at radius 2 is 1.95 bits per heavy atom. The van der Waals surface area contributed by atoms with Gasteiger partial charge < -0.3 is 14.8 Å². The zero-order valence-corrected chi connectivity index (χ0v) is 13.2. The summed E-state index contributed by atoms with van der Waals surface area (Å²) in [5.74, 6) is -0.127. The monoisotopic (exact) mass is 359 g/mol. The Balaban J connectivity index is 1.83. The molecule has 2 N–H and O–H groups in total. The highest BCUT2D eigenvalue weighted by molar-refractivity contribution is 9.10. The molecular weight excluding hydrogens is 346 g/mol. The van der Waals surface area contributed by atoms with Crippen LogP contribution in [0.4, 0.5) is 0 Å². The van der Waals surface area contributed by atoms with Crippen LogP contribution in [-0.2, 0) is 0 Å². The molecule has 1 atom stereocenters. The number of carbonyl (C=O) groups is 1. The number of aliphatic hydroxyl groups excluding tert-OH is 1. The third-order valence-corrected chi connectivity index (χ3v) is 3.89. The van der Waals surface area contributed by atoms with Crippen molar-refractivity contribution in [2.24, 2.45) is 0 Å². The minimum atomic E-state index is -0.464. The number of aliphatic hydroxyl groups is 1. The second kappa shape index (κ2) is 6.34. The van der Waals surface area contributed by atoms with Gasteiger partial charge in [0, 0.05) is 9.86 Å². The number of hydrogen-bond acceptors (Lipinski definition) is 3. The fraction of sp³-hybridized carbons (Fsp3) is 0.118. The summed E-state index contributed by atoms with van der Waals surface area (Å²) in [6.45, 7) is -0.179. The van der Waals surface area contributed by atoms with E-state index >= 15 is 0 Å². The first-order valence-electron chi connectivity index (χ1n) is 6.83. The van der Waals surface area contributed by atoms with Crippen molar-refractivity contribution in [1.29, 1.82) is 0 Å². The molecule has 1 amide bonds. The number of fused-ring (bicyclic) bond motifs is 1. The Morgan fingerprint density at radius 1 is 1.18 bits per heavy atom. The minimum absolute atomic E-state index is 0.179. The van der Waals surface area contributed by atoms with Crippen LogP contribution >= 0.6 is 15.9 Å². The van der Waals surface area contributed by atoms with Gasteiger partial charge in [-0.1, -0.05) is 46.3 Å². The topological polar surface area (TPSA) is 62.5 Å². The number of benzene rings is 2. The largest absolute Gasteiger partial charge is 0.451 e. The molecule has 0 radical (unpaired) electrons. The third-order valence-electron chi connectivity index (χ3n) is 3.39. The average Bonchev–Trinajstić information content (AvgIpc) is 2.96. The molecule has 0 saturated carbocycles. The summed E-state index contributed by atoms with van der Waals surface area (Å²) in [6.07, 6.45) is 0. The van der Waals surface area contributed by atoms with Gasteiger partial charge in [0.15, 0.2) is 5.76 Å². The minimum Gasteiger partial charge on any atom is -0.451 e. The molecule has 0 saturated heterocycles. The van der Waals surface area contributed by atoms with Gasteiger partial charge in [0.05, 0.1) is 12.6 Å². The van der Waals surface area contributed by atoms with Gasteiger partial charge in [0.25, 0.3) is 5.91 Å². The van der Waals surface area contributed by atoms with Gasteiger partial charge >= 0.3 is 0 Å². The van der Waals surface area contributed by atoms with Crippen LogP contribution in [0.2, 0.25) is 0 Å². The molecule has 0 spiro atoms. The molecule has 4 nitrogen and oxygen atoms in total. The molecule has 0 fully saturated rings. The van der Waals surface area contributed by atoms with Gasteiger partial charge in [0.1, 0.15) is 5.58 Å². The maximum Gasteiger partial charge on any atom is 0.287 e. The SMILES string of the molecule is O=C(NC(CO)c1ccccc1)c1cc2cc(Br)ccc2o1. The van der Waals surface area contributed by atoms with Crippen molar-refractivity contribution in [3.05, 3.63) is 70.4 Å². The van der Waals surface area contributed by atoms with Crippen LogP contribution in [-0.4, -0.2) is 17.6 Å². The molecule has 0 bridgehead atoms. The quantitative estimate of drug-likeness (QED) is 0.747. The van der Waals surface area contributed by atoms with E-state index in [0.29, 0.717) is 5.58 Å². The van der Waals surface area contributed by atoms with Crippen molar-refractivity contribution in [1.82, 2.24) is 5.32 Å². The summed E-state index contributed by atoms with van der Waals surface area (Å²) < 4.78 is 6.47. The Hall–Kier alpha value is -2.11. The van der Waals surface area contributed by atoms with Crippen molar-refractivity contribution < 1.29 is 14.3 Å². The lowest BCUT2D eigenvalue weighted by Gasteiger charge is -2.15. The van der Waals surface area contributed by atoms with Gasteiger partial charge in [-0.3, -0.25) is 4.79 Å². The predicted octanol–water partition coefficient (Wildman–Crippen LogP) is 3.66. The van der Waals surface area contributed by atoms with Crippen molar-refractivity contribution >= 4 is 32.8 Å². The Labute approximate surface area is 135 Å². The van der Waals surface area contributed by atoms with Crippen molar-refractivity contribution in [2.75, 3.05) is 6.61 Å². The highest BCUT2D eigenvalue weighted by Gasteiger charge is 2.18. The van der Waals surface area contributed by atoms with Gasteiger partial charge in [-0.2, -0.15) is 0 Å². The van der Waals surface area contributed by atoms with E-state index in [0.717, 1.165) is 15.4 Å². The summed E-state index contributed by atoms with van der Waals surface area (Å²) in [5, 5.41) is 13.1. The normalized spacial score (nSPS) is 12.3. The molecule has 1 aromatic heterocycles. The van der Waals surface area contributed by atoms with Gasteiger partial charge in [0.2, 0.25) is 0 Å². The first-order chi connectivity index (χ1) is 10.7. The lowest BCUT2D eigenvalue weighted by molar-refractivity contribution is 0.0890. The van der Waals surface area contributed by atoms with Crippen LogP contribution in [0, 0.1) is 0 Å². The molecule has 5 heteroatoms. The Kier molecular flexibility index (Phi) is 4.27. The first-order valence-corrected chi connectivity index (χ1v) is 7.62.